The van der Waals surface area contributed by atoms with Crippen LogP contribution in [0.1, 0.15) is 26.7 Å². The van der Waals surface area contributed by atoms with Crippen LogP contribution in [0.25, 0.3) is 0 Å². The number of carbonyl (C=O) groups is 1. The first kappa shape index (κ1) is 11.6. The van der Waals surface area contributed by atoms with Crippen molar-refractivity contribution in [3.05, 3.63) is 0 Å². The van der Waals surface area contributed by atoms with Gasteiger partial charge in [0.1, 0.15) is 11.5 Å². The molecule has 0 bridgehead atoms. The Hall–Kier alpha value is -0.420. The van der Waals surface area contributed by atoms with Gasteiger partial charge in [-0.05, 0) is 13.3 Å². The molecule has 0 rings (SSSR count). The minimum atomic E-state index is -3.60. The van der Waals surface area contributed by atoms with Crippen LogP contribution in [0, 0.1) is 0 Å². The summed E-state index contributed by atoms with van der Waals surface area (Å²) in [5.74, 6) is -0.778. The van der Waals surface area contributed by atoms with Gasteiger partial charge in [0, 0.05) is 6.42 Å². The zero-order valence-corrected chi connectivity index (χ0v) is 8.19. The first-order valence-corrected chi connectivity index (χ1v) is 5.48. The Balaban J connectivity index is 3.98. The van der Waals surface area contributed by atoms with Crippen LogP contribution in [0.4, 0.5) is 0 Å². The number of rotatable bonds is 6. The molecule has 0 spiro atoms. The lowest BCUT2D eigenvalue weighted by molar-refractivity contribution is -0.116. The van der Waals surface area contributed by atoms with Gasteiger partial charge in [-0.25, -0.2) is 0 Å². The van der Waals surface area contributed by atoms with E-state index in [-0.39, 0.29) is 12.4 Å². The van der Waals surface area contributed by atoms with Crippen LogP contribution in [0.5, 0.6) is 0 Å². The molecule has 0 N–H and O–H groups in total. The normalized spacial score (nSPS) is 11.5. The first-order valence-electron chi connectivity index (χ1n) is 3.90. The van der Waals surface area contributed by atoms with Crippen molar-refractivity contribution >= 4 is 15.9 Å². The molecule has 0 amide bonds. The van der Waals surface area contributed by atoms with Crippen LogP contribution < -0.4 is 0 Å². The second-order valence-electron chi connectivity index (χ2n) is 2.40. The molecule has 0 aromatic heterocycles. The van der Waals surface area contributed by atoms with E-state index in [1.54, 1.807) is 6.92 Å². The molecule has 5 heteroatoms. The molecule has 0 saturated heterocycles. The van der Waals surface area contributed by atoms with Crippen LogP contribution in [0.2, 0.25) is 0 Å². The van der Waals surface area contributed by atoms with Gasteiger partial charge in [0.15, 0.2) is 0 Å². The van der Waals surface area contributed by atoms with Gasteiger partial charge in [0.25, 0.3) is 10.1 Å². The van der Waals surface area contributed by atoms with E-state index in [0.29, 0.717) is 12.8 Å². The monoisotopic (exact) mass is 194 g/mol. The largest absolute Gasteiger partial charge is 0.298 e. The predicted molar refractivity (Wildman–Crippen MR) is 45.3 cm³/mol. The Kier molecular flexibility index (Phi) is 5.08. The highest BCUT2D eigenvalue weighted by molar-refractivity contribution is 7.87. The van der Waals surface area contributed by atoms with Crippen LogP contribution in [-0.2, 0) is 19.1 Å². The molecule has 0 aliphatic rings. The molecule has 0 atom stereocenters. The van der Waals surface area contributed by atoms with E-state index in [1.807, 2.05) is 6.92 Å². The molecule has 0 unspecified atom stereocenters. The molecule has 72 valence electrons. The van der Waals surface area contributed by atoms with Gasteiger partial charge in [-0.3, -0.25) is 8.98 Å². The van der Waals surface area contributed by atoms with Crippen LogP contribution in [-0.4, -0.2) is 26.6 Å². The van der Waals surface area contributed by atoms with E-state index in [9.17, 15) is 13.2 Å². The van der Waals surface area contributed by atoms with E-state index in [2.05, 4.69) is 4.18 Å². The lowest BCUT2D eigenvalue weighted by Gasteiger charge is -2.00. The third-order valence-electron chi connectivity index (χ3n) is 1.16. The third-order valence-corrected chi connectivity index (χ3v) is 2.43. The number of carbonyl (C=O) groups excluding carboxylic acids is 1. The topological polar surface area (TPSA) is 60.4 Å². The summed E-state index contributed by atoms with van der Waals surface area (Å²) in [5.41, 5.74) is 0. The highest BCUT2D eigenvalue weighted by Gasteiger charge is 2.15. The van der Waals surface area contributed by atoms with Gasteiger partial charge in [-0.2, -0.15) is 8.42 Å². The van der Waals surface area contributed by atoms with Gasteiger partial charge in [-0.1, -0.05) is 6.92 Å². The first-order chi connectivity index (χ1) is 5.52. The van der Waals surface area contributed by atoms with Gasteiger partial charge in [0.2, 0.25) is 0 Å². The molecule has 0 radical (unpaired) electrons. The Bertz CT molecular complexity index is 230. The van der Waals surface area contributed by atoms with Crippen LogP contribution in [0.15, 0.2) is 0 Å². The maximum Gasteiger partial charge on any atom is 0.274 e. The fraction of sp³-hybridized carbons (Fsp3) is 0.857. The van der Waals surface area contributed by atoms with Crippen LogP contribution in [0.3, 0.4) is 0 Å². The number of hydrogen-bond donors (Lipinski definition) is 0. The number of hydrogen-bond acceptors (Lipinski definition) is 4. The van der Waals surface area contributed by atoms with Gasteiger partial charge in [-0.15, -0.1) is 0 Å². The highest BCUT2D eigenvalue weighted by Crippen LogP contribution is 1.97. The zero-order valence-electron chi connectivity index (χ0n) is 7.37. The second kappa shape index (κ2) is 5.27. The molecule has 0 aliphatic heterocycles. The van der Waals surface area contributed by atoms with Crippen molar-refractivity contribution in [2.45, 2.75) is 26.7 Å². The highest BCUT2D eigenvalue weighted by atomic mass is 32.2. The Morgan fingerprint density at radius 1 is 1.33 bits per heavy atom. The molecular weight excluding hydrogens is 180 g/mol. The fourth-order valence-corrected chi connectivity index (χ4v) is 1.75. The zero-order chi connectivity index (χ0) is 9.61. The minimum absolute atomic E-state index is 0.0851. The standard InChI is InChI=1S/C7H14O4S/c1-3-5-7(8)6-12(9,10)11-4-2/h3-6H2,1-2H3. The summed E-state index contributed by atoms with van der Waals surface area (Å²) < 4.78 is 26.1. The summed E-state index contributed by atoms with van der Waals surface area (Å²) in [6, 6.07) is 0. The lowest BCUT2D eigenvalue weighted by Crippen LogP contribution is -2.17. The number of Topliss-reactive ketones (excluding diaryl/α,β-unsaturated/α-hetero) is 1. The maximum absolute atomic E-state index is 10.9. The van der Waals surface area contributed by atoms with Crippen molar-refractivity contribution in [3.63, 3.8) is 0 Å². The van der Waals surface area contributed by atoms with E-state index < -0.39 is 15.9 Å². The molecule has 0 aromatic rings. The minimum Gasteiger partial charge on any atom is -0.298 e. The Labute approximate surface area is 73.0 Å². The smallest absolute Gasteiger partial charge is 0.274 e. The van der Waals surface area contributed by atoms with E-state index in [1.165, 1.54) is 0 Å². The van der Waals surface area contributed by atoms with E-state index in [0.717, 1.165) is 0 Å². The summed E-state index contributed by atoms with van der Waals surface area (Å²) in [4.78, 5) is 10.9. The van der Waals surface area contributed by atoms with Gasteiger partial charge < -0.3 is 0 Å². The van der Waals surface area contributed by atoms with Crippen molar-refractivity contribution in [2.24, 2.45) is 0 Å². The lowest BCUT2D eigenvalue weighted by atomic mass is 10.3. The molecule has 0 fully saturated rings. The van der Waals surface area contributed by atoms with Crippen molar-refractivity contribution < 1.29 is 17.4 Å². The van der Waals surface area contributed by atoms with Gasteiger partial charge in [0.05, 0.1) is 6.61 Å². The summed E-state index contributed by atoms with van der Waals surface area (Å²) in [6.45, 7) is 3.48. The van der Waals surface area contributed by atoms with Crippen molar-refractivity contribution in [1.82, 2.24) is 0 Å². The van der Waals surface area contributed by atoms with Crippen molar-refractivity contribution in [1.29, 1.82) is 0 Å². The van der Waals surface area contributed by atoms with Crippen molar-refractivity contribution in [2.75, 3.05) is 12.4 Å². The summed E-state index contributed by atoms with van der Waals surface area (Å²) in [5, 5.41) is 0. The SMILES string of the molecule is CCCC(=O)CS(=O)(=O)OCC. The quantitative estimate of drug-likeness (QED) is 0.584. The predicted octanol–water partition coefficient (Wildman–Crippen LogP) is 0.722. The maximum atomic E-state index is 10.9. The summed E-state index contributed by atoms with van der Waals surface area (Å²) in [6.07, 6.45) is 0.965. The van der Waals surface area contributed by atoms with E-state index in [4.69, 9.17) is 0 Å². The summed E-state index contributed by atoms with van der Waals surface area (Å²) >= 11 is 0. The second-order valence-corrected chi connectivity index (χ2v) is 4.04. The van der Waals surface area contributed by atoms with Gasteiger partial charge >= 0.3 is 0 Å². The Morgan fingerprint density at radius 3 is 2.33 bits per heavy atom. The number of ketones is 1. The van der Waals surface area contributed by atoms with E-state index >= 15 is 0 Å². The fourth-order valence-electron chi connectivity index (χ4n) is 0.769. The Morgan fingerprint density at radius 2 is 1.92 bits per heavy atom. The molecule has 0 aliphatic carbocycles. The third kappa shape index (κ3) is 5.26. The molecule has 0 aromatic carbocycles. The average Bonchev–Trinajstić information content (AvgIpc) is 1.85. The molecule has 12 heavy (non-hydrogen) atoms. The van der Waals surface area contributed by atoms with Crippen molar-refractivity contribution in [3.8, 4) is 0 Å². The molecule has 0 saturated carbocycles. The average molecular weight is 194 g/mol. The van der Waals surface area contributed by atoms with Crippen LogP contribution >= 0.6 is 0 Å². The molecular formula is C7H14O4S. The molecule has 4 nitrogen and oxygen atoms in total. The molecule has 0 heterocycles. The summed E-state index contributed by atoms with van der Waals surface area (Å²) in [7, 11) is -3.60.